The Kier molecular flexibility index (Phi) is 5.34. The molecule has 0 aliphatic rings. The first-order chi connectivity index (χ1) is 10.1. The van der Waals surface area contributed by atoms with Gasteiger partial charge in [-0.15, -0.1) is 0 Å². The van der Waals surface area contributed by atoms with Crippen molar-refractivity contribution in [2.45, 2.75) is 39.7 Å². The van der Waals surface area contributed by atoms with E-state index < -0.39 is 0 Å². The van der Waals surface area contributed by atoms with E-state index in [1.807, 2.05) is 6.07 Å². The van der Waals surface area contributed by atoms with Gasteiger partial charge in [0, 0.05) is 17.8 Å². The molecule has 1 atom stereocenters. The quantitative estimate of drug-likeness (QED) is 0.852. The van der Waals surface area contributed by atoms with Crippen molar-refractivity contribution in [3.05, 3.63) is 58.8 Å². The van der Waals surface area contributed by atoms with Gasteiger partial charge in [0.15, 0.2) is 0 Å². The first kappa shape index (κ1) is 15.5. The number of nitrogen functional groups attached to an aromatic ring is 1. The number of nitrogens with zero attached hydrogens (tertiary/aromatic N) is 1. The molecule has 0 fully saturated rings. The Morgan fingerprint density at radius 3 is 2.48 bits per heavy atom. The van der Waals surface area contributed by atoms with Gasteiger partial charge in [0.1, 0.15) is 5.82 Å². The van der Waals surface area contributed by atoms with Gasteiger partial charge in [0.05, 0.1) is 0 Å². The lowest BCUT2D eigenvalue weighted by molar-refractivity contribution is 0.527. The lowest BCUT2D eigenvalue weighted by Crippen LogP contribution is -2.26. The number of aromatic nitrogens is 1. The maximum atomic E-state index is 6.12. The molecule has 3 N–H and O–H groups in total. The summed E-state index contributed by atoms with van der Waals surface area (Å²) < 4.78 is 0. The highest BCUT2D eigenvalue weighted by Gasteiger charge is 2.17. The first-order valence-electron chi connectivity index (χ1n) is 7.61. The summed E-state index contributed by atoms with van der Waals surface area (Å²) >= 11 is 0. The van der Waals surface area contributed by atoms with E-state index in [0.717, 1.165) is 24.9 Å². The number of rotatable bonds is 6. The molecule has 1 aromatic carbocycles. The zero-order valence-electron chi connectivity index (χ0n) is 13.2. The summed E-state index contributed by atoms with van der Waals surface area (Å²) in [5, 5.41) is 3.61. The molecule has 0 aliphatic heterocycles. The van der Waals surface area contributed by atoms with Crippen LogP contribution in [0.1, 0.15) is 41.6 Å². The summed E-state index contributed by atoms with van der Waals surface area (Å²) in [4.78, 5) is 4.26. The smallest absolute Gasteiger partial charge is 0.128 e. The van der Waals surface area contributed by atoms with E-state index in [0.29, 0.717) is 5.82 Å². The predicted octanol–water partition coefficient (Wildman–Crippen LogP) is 3.56. The summed E-state index contributed by atoms with van der Waals surface area (Å²) in [5.41, 5.74) is 11.1. The Labute approximate surface area is 127 Å². The molecular weight excluding hydrogens is 258 g/mol. The van der Waals surface area contributed by atoms with E-state index >= 15 is 0 Å². The van der Waals surface area contributed by atoms with Crippen LogP contribution in [0, 0.1) is 13.8 Å². The van der Waals surface area contributed by atoms with Crippen LogP contribution in [-0.2, 0) is 6.42 Å². The van der Waals surface area contributed by atoms with E-state index in [-0.39, 0.29) is 6.04 Å². The molecule has 2 aromatic rings. The van der Waals surface area contributed by atoms with Gasteiger partial charge >= 0.3 is 0 Å². The first-order valence-corrected chi connectivity index (χ1v) is 7.61. The van der Waals surface area contributed by atoms with Gasteiger partial charge in [-0.1, -0.05) is 36.8 Å². The number of pyridine rings is 1. The van der Waals surface area contributed by atoms with Crippen molar-refractivity contribution in [2.24, 2.45) is 0 Å². The van der Waals surface area contributed by atoms with E-state index in [1.165, 1.54) is 16.7 Å². The molecule has 0 radical (unpaired) electrons. The highest BCUT2D eigenvalue weighted by Crippen LogP contribution is 2.26. The third kappa shape index (κ3) is 4.05. The van der Waals surface area contributed by atoms with Crippen molar-refractivity contribution in [1.82, 2.24) is 10.3 Å². The number of hydrogen-bond donors (Lipinski definition) is 2. The second-order valence-electron chi connectivity index (χ2n) is 5.62. The van der Waals surface area contributed by atoms with Crippen molar-refractivity contribution in [3.63, 3.8) is 0 Å². The van der Waals surface area contributed by atoms with E-state index in [2.05, 4.69) is 55.3 Å². The number of nitrogens with two attached hydrogens (primary N) is 1. The normalized spacial score (nSPS) is 12.3. The van der Waals surface area contributed by atoms with Crippen LogP contribution in [0.25, 0.3) is 0 Å². The zero-order valence-corrected chi connectivity index (χ0v) is 13.2. The lowest BCUT2D eigenvalue weighted by atomic mass is 9.95. The molecule has 1 aromatic heterocycles. The molecule has 21 heavy (non-hydrogen) atoms. The number of nitrogens with one attached hydrogen (secondary N) is 1. The maximum Gasteiger partial charge on any atom is 0.128 e. The summed E-state index contributed by atoms with van der Waals surface area (Å²) in [6.45, 7) is 7.36. The average Bonchev–Trinajstić information content (AvgIpc) is 2.46. The Bertz CT molecular complexity index is 555. The van der Waals surface area contributed by atoms with E-state index in [4.69, 9.17) is 5.73 Å². The summed E-state index contributed by atoms with van der Waals surface area (Å²) in [7, 11) is 0. The van der Waals surface area contributed by atoms with Crippen molar-refractivity contribution >= 4 is 5.82 Å². The average molecular weight is 283 g/mol. The van der Waals surface area contributed by atoms with Crippen LogP contribution < -0.4 is 11.1 Å². The third-order valence-electron chi connectivity index (χ3n) is 3.79. The molecule has 3 heteroatoms. The zero-order chi connectivity index (χ0) is 15.2. The SMILES string of the molecule is CCCNC(Cc1ccc(C)cc1)c1c(C)ccnc1N. The van der Waals surface area contributed by atoms with Gasteiger partial charge in [-0.3, -0.25) is 0 Å². The van der Waals surface area contributed by atoms with Gasteiger partial charge in [0.2, 0.25) is 0 Å². The molecule has 0 aliphatic carbocycles. The summed E-state index contributed by atoms with van der Waals surface area (Å²) in [6.07, 6.45) is 3.80. The summed E-state index contributed by atoms with van der Waals surface area (Å²) in [5.74, 6) is 0.635. The van der Waals surface area contributed by atoms with Gasteiger partial charge in [0.25, 0.3) is 0 Å². The van der Waals surface area contributed by atoms with E-state index in [1.54, 1.807) is 6.20 Å². The molecule has 1 heterocycles. The van der Waals surface area contributed by atoms with Crippen LogP contribution in [0.5, 0.6) is 0 Å². The van der Waals surface area contributed by atoms with Gasteiger partial charge in [-0.2, -0.15) is 0 Å². The molecule has 0 saturated carbocycles. The molecular formula is C18H25N3. The predicted molar refractivity (Wildman–Crippen MR) is 89.3 cm³/mol. The largest absolute Gasteiger partial charge is 0.383 e. The van der Waals surface area contributed by atoms with Gasteiger partial charge in [-0.25, -0.2) is 4.98 Å². The van der Waals surface area contributed by atoms with Crippen LogP contribution in [0.2, 0.25) is 0 Å². The number of hydrogen-bond acceptors (Lipinski definition) is 3. The van der Waals surface area contributed by atoms with Crippen LogP contribution in [0.3, 0.4) is 0 Å². The fourth-order valence-electron chi connectivity index (χ4n) is 2.60. The number of aryl methyl sites for hydroxylation is 2. The molecule has 0 amide bonds. The molecule has 1 unspecified atom stereocenters. The topological polar surface area (TPSA) is 50.9 Å². The Balaban J connectivity index is 2.27. The molecule has 112 valence electrons. The highest BCUT2D eigenvalue weighted by atomic mass is 14.9. The fraction of sp³-hybridized carbons (Fsp3) is 0.389. The van der Waals surface area contributed by atoms with Gasteiger partial charge < -0.3 is 11.1 Å². The minimum absolute atomic E-state index is 0.210. The molecule has 0 bridgehead atoms. The fourth-order valence-corrected chi connectivity index (χ4v) is 2.60. The summed E-state index contributed by atoms with van der Waals surface area (Å²) in [6, 6.07) is 10.9. The highest BCUT2D eigenvalue weighted by molar-refractivity contribution is 5.46. The Hall–Kier alpha value is -1.87. The minimum atomic E-state index is 0.210. The second-order valence-corrected chi connectivity index (χ2v) is 5.62. The molecule has 0 spiro atoms. The second kappa shape index (κ2) is 7.23. The molecule has 2 rings (SSSR count). The number of benzene rings is 1. The maximum absolute atomic E-state index is 6.12. The molecule has 0 saturated heterocycles. The van der Waals surface area contributed by atoms with Crippen molar-refractivity contribution in [3.8, 4) is 0 Å². The Morgan fingerprint density at radius 2 is 1.86 bits per heavy atom. The number of anilines is 1. The van der Waals surface area contributed by atoms with Crippen LogP contribution in [0.15, 0.2) is 36.5 Å². The van der Waals surface area contributed by atoms with Crippen LogP contribution in [-0.4, -0.2) is 11.5 Å². The molecule has 3 nitrogen and oxygen atoms in total. The van der Waals surface area contributed by atoms with E-state index in [9.17, 15) is 0 Å². The monoisotopic (exact) mass is 283 g/mol. The van der Waals surface area contributed by atoms with Gasteiger partial charge in [-0.05, 0) is 50.4 Å². The standard InChI is InChI=1S/C18H25N3/c1-4-10-20-16(12-15-7-5-13(2)6-8-15)17-14(3)9-11-21-18(17)19/h5-9,11,16,20H,4,10,12H2,1-3H3,(H2,19,21). The third-order valence-corrected chi connectivity index (χ3v) is 3.79. The van der Waals surface area contributed by atoms with Crippen LogP contribution >= 0.6 is 0 Å². The lowest BCUT2D eigenvalue weighted by Gasteiger charge is -2.22. The van der Waals surface area contributed by atoms with Crippen molar-refractivity contribution < 1.29 is 0 Å². The minimum Gasteiger partial charge on any atom is -0.383 e. The van der Waals surface area contributed by atoms with Crippen molar-refractivity contribution in [2.75, 3.05) is 12.3 Å². The van der Waals surface area contributed by atoms with Crippen LogP contribution in [0.4, 0.5) is 5.82 Å². The van der Waals surface area contributed by atoms with Crippen molar-refractivity contribution in [1.29, 1.82) is 0 Å². The Morgan fingerprint density at radius 1 is 1.14 bits per heavy atom.